The second kappa shape index (κ2) is 8.39. The number of sulfone groups is 1. The number of aryl methyl sites for hydroxylation is 1. The molecule has 0 aliphatic carbocycles. The smallest absolute Gasteiger partial charge is 0.253 e. The molecule has 1 aliphatic heterocycles. The van der Waals surface area contributed by atoms with E-state index < -0.39 is 9.84 Å². The largest absolute Gasteiger partial charge is 0.338 e. The van der Waals surface area contributed by atoms with Crippen molar-refractivity contribution in [3.05, 3.63) is 53.6 Å². The highest BCUT2D eigenvalue weighted by Gasteiger charge is 2.29. The molecular formula is C22H23N3O4S2. The van der Waals surface area contributed by atoms with Crippen LogP contribution in [0.1, 0.15) is 28.8 Å². The van der Waals surface area contributed by atoms with Crippen LogP contribution in [0.5, 0.6) is 0 Å². The number of benzene rings is 2. The van der Waals surface area contributed by atoms with Crippen LogP contribution in [0, 0.1) is 12.8 Å². The Morgan fingerprint density at radius 2 is 1.90 bits per heavy atom. The summed E-state index contributed by atoms with van der Waals surface area (Å²) in [7, 11) is -3.31. The van der Waals surface area contributed by atoms with Gasteiger partial charge in [0, 0.05) is 24.9 Å². The number of likely N-dealkylation sites (tertiary alicyclic amines) is 1. The molecule has 0 saturated carbocycles. The summed E-state index contributed by atoms with van der Waals surface area (Å²) in [6.07, 6.45) is 2.62. The van der Waals surface area contributed by atoms with Crippen molar-refractivity contribution in [2.75, 3.05) is 24.7 Å². The number of hydrogen-bond donors (Lipinski definition) is 1. The molecule has 2 aromatic carbocycles. The Morgan fingerprint density at radius 3 is 2.61 bits per heavy atom. The van der Waals surface area contributed by atoms with Crippen LogP contribution < -0.4 is 5.32 Å². The van der Waals surface area contributed by atoms with Crippen LogP contribution in [-0.4, -0.2) is 49.5 Å². The van der Waals surface area contributed by atoms with Crippen LogP contribution in [0.2, 0.25) is 0 Å². The number of thiazole rings is 1. The zero-order valence-electron chi connectivity index (χ0n) is 17.3. The van der Waals surface area contributed by atoms with Crippen molar-refractivity contribution < 1.29 is 18.0 Å². The van der Waals surface area contributed by atoms with Gasteiger partial charge in [-0.15, -0.1) is 0 Å². The fourth-order valence-electron chi connectivity index (χ4n) is 3.65. The van der Waals surface area contributed by atoms with Gasteiger partial charge in [0.15, 0.2) is 15.0 Å². The highest BCUT2D eigenvalue weighted by Crippen LogP contribution is 2.29. The van der Waals surface area contributed by atoms with E-state index in [1.165, 1.54) is 17.4 Å². The molecule has 0 radical (unpaired) electrons. The first kappa shape index (κ1) is 21.5. The van der Waals surface area contributed by atoms with Gasteiger partial charge in [-0.3, -0.25) is 9.59 Å². The lowest BCUT2D eigenvalue weighted by atomic mass is 9.96. The Kier molecular flexibility index (Phi) is 5.81. The van der Waals surface area contributed by atoms with Gasteiger partial charge in [-0.1, -0.05) is 29.0 Å². The molecule has 1 fully saturated rings. The summed E-state index contributed by atoms with van der Waals surface area (Å²) in [6, 6.07) is 12.2. The third kappa shape index (κ3) is 4.77. The third-order valence-electron chi connectivity index (χ3n) is 5.40. The molecule has 1 atom stereocenters. The van der Waals surface area contributed by atoms with E-state index in [0.29, 0.717) is 40.4 Å². The summed E-state index contributed by atoms with van der Waals surface area (Å²) in [5, 5.41) is 3.27. The summed E-state index contributed by atoms with van der Waals surface area (Å²) >= 11 is 1.24. The first-order chi connectivity index (χ1) is 14.7. The van der Waals surface area contributed by atoms with E-state index in [9.17, 15) is 18.0 Å². The number of aromatic nitrogens is 1. The van der Waals surface area contributed by atoms with Crippen LogP contribution in [0.25, 0.3) is 10.2 Å². The zero-order valence-corrected chi connectivity index (χ0v) is 18.9. The van der Waals surface area contributed by atoms with Crippen molar-refractivity contribution in [2.45, 2.75) is 24.7 Å². The molecule has 2 amide bonds. The lowest BCUT2D eigenvalue weighted by molar-refractivity contribution is -0.121. The topological polar surface area (TPSA) is 96.4 Å². The molecule has 31 heavy (non-hydrogen) atoms. The maximum atomic E-state index is 12.8. The van der Waals surface area contributed by atoms with Gasteiger partial charge in [0.1, 0.15) is 0 Å². The Balaban J connectivity index is 1.45. The number of rotatable bonds is 4. The van der Waals surface area contributed by atoms with E-state index in [4.69, 9.17) is 0 Å². The lowest BCUT2D eigenvalue weighted by Crippen LogP contribution is -2.43. The van der Waals surface area contributed by atoms with Crippen LogP contribution in [0.4, 0.5) is 5.13 Å². The van der Waals surface area contributed by atoms with Crippen LogP contribution in [-0.2, 0) is 14.6 Å². The molecule has 3 aromatic rings. The second-order valence-electron chi connectivity index (χ2n) is 7.87. The van der Waals surface area contributed by atoms with Gasteiger partial charge in [0.05, 0.1) is 21.0 Å². The Morgan fingerprint density at radius 1 is 1.16 bits per heavy atom. The summed E-state index contributed by atoms with van der Waals surface area (Å²) in [5.41, 5.74) is 2.35. The number of anilines is 1. The molecule has 2 heterocycles. The molecule has 1 aromatic heterocycles. The Labute approximate surface area is 185 Å². The van der Waals surface area contributed by atoms with Crippen molar-refractivity contribution >= 4 is 48.3 Å². The minimum Gasteiger partial charge on any atom is -0.338 e. The van der Waals surface area contributed by atoms with E-state index in [0.717, 1.165) is 18.2 Å². The van der Waals surface area contributed by atoms with Crippen molar-refractivity contribution in [3.8, 4) is 0 Å². The summed E-state index contributed by atoms with van der Waals surface area (Å²) < 4.78 is 24.2. The first-order valence-corrected chi connectivity index (χ1v) is 12.7. The predicted molar refractivity (Wildman–Crippen MR) is 121 cm³/mol. The fourth-order valence-corrected chi connectivity index (χ4v) is 5.28. The number of carbonyl (C=O) groups is 2. The molecule has 162 valence electrons. The number of piperidine rings is 1. The number of nitrogens with zero attached hydrogens (tertiary/aromatic N) is 2. The zero-order chi connectivity index (χ0) is 22.2. The maximum absolute atomic E-state index is 12.8. The van der Waals surface area contributed by atoms with Gasteiger partial charge >= 0.3 is 0 Å². The first-order valence-electron chi connectivity index (χ1n) is 9.98. The predicted octanol–water partition coefficient (Wildman–Crippen LogP) is 3.50. The van der Waals surface area contributed by atoms with E-state index in [-0.39, 0.29) is 22.6 Å². The van der Waals surface area contributed by atoms with E-state index in [1.807, 2.05) is 31.2 Å². The standard InChI is InChI=1S/C22H23N3O4S2/c1-14-5-7-15(8-6-14)21(27)25-11-3-4-16(13-25)20(26)24-22-23-18-10-9-17(31(2,28)29)12-19(18)30-22/h5-10,12,16H,3-4,11,13H2,1-2H3,(H,23,24,26). The van der Waals surface area contributed by atoms with Crippen molar-refractivity contribution in [3.63, 3.8) is 0 Å². The van der Waals surface area contributed by atoms with E-state index in [2.05, 4.69) is 10.3 Å². The maximum Gasteiger partial charge on any atom is 0.253 e. The molecule has 1 unspecified atom stereocenters. The summed E-state index contributed by atoms with van der Waals surface area (Å²) in [5.74, 6) is -0.559. The third-order valence-corrected chi connectivity index (χ3v) is 7.44. The minimum atomic E-state index is -3.31. The summed E-state index contributed by atoms with van der Waals surface area (Å²) in [6.45, 7) is 2.97. The van der Waals surface area contributed by atoms with Crippen LogP contribution in [0.3, 0.4) is 0 Å². The van der Waals surface area contributed by atoms with Gasteiger partial charge in [-0.25, -0.2) is 13.4 Å². The number of nitrogens with one attached hydrogen (secondary N) is 1. The van der Waals surface area contributed by atoms with Gasteiger partial charge in [0.25, 0.3) is 5.91 Å². The monoisotopic (exact) mass is 457 g/mol. The minimum absolute atomic E-state index is 0.0641. The molecule has 1 saturated heterocycles. The van der Waals surface area contributed by atoms with E-state index in [1.54, 1.807) is 17.0 Å². The normalized spacial score (nSPS) is 17.0. The number of fused-ring (bicyclic) bond motifs is 1. The van der Waals surface area contributed by atoms with Gasteiger partial charge in [-0.05, 0) is 50.1 Å². The SMILES string of the molecule is Cc1ccc(C(=O)N2CCCC(C(=O)Nc3nc4ccc(S(C)(=O)=O)cc4s3)C2)cc1. The van der Waals surface area contributed by atoms with Gasteiger partial charge in [-0.2, -0.15) is 0 Å². The second-order valence-corrected chi connectivity index (χ2v) is 10.9. The lowest BCUT2D eigenvalue weighted by Gasteiger charge is -2.32. The van der Waals surface area contributed by atoms with Gasteiger partial charge < -0.3 is 10.2 Å². The van der Waals surface area contributed by atoms with Crippen molar-refractivity contribution in [1.29, 1.82) is 0 Å². The quantitative estimate of drug-likeness (QED) is 0.647. The molecule has 7 nitrogen and oxygen atoms in total. The fraction of sp³-hybridized carbons (Fsp3) is 0.318. The number of hydrogen-bond acceptors (Lipinski definition) is 6. The van der Waals surface area contributed by atoms with Gasteiger partial charge in [0.2, 0.25) is 5.91 Å². The molecule has 4 rings (SSSR count). The average molecular weight is 458 g/mol. The summed E-state index contributed by atoms with van der Waals surface area (Å²) in [4.78, 5) is 32.0. The Hall–Kier alpha value is -2.78. The molecule has 1 N–H and O–H groups in total. The Bertz CT molecular complexity index is 1250. The molecule has 0 spiro atoms. The number of amides is 2. The van der Waals surface area contributed by atoms with Crippen LogP contribution in [0.15, 0.2) is 47.4 Å². The van der Waals surface area contributed by atoms with Crippen molar-refractivity contribution in [2.24, 2.45) is 5.92 Å². The molecule has 0 bridgehead atoms. The van der Waals surface area contributed by atoms with Crippen molar-refractivity contribution in [1.82, 2.24) is 9.88 Å². The molecule has 1 aliphatic rings. The highest BCUT2D eigenvalue weighted by molar-refractivity contribution is 7.90. The molecule has 9 heteroatoms. The van der Waals surface area contributed by atoms with E-state index >= 15 is 0 Å². The average Bonchev–Trinajstić information content (AvgIpc) is 3.14. The highest BCUT2D eigenvalue weighted by atomic mass is 32.2. The number of carbonyl (C=O) groups excluding carboxylic acids is 2. The van der Waals surface area contributed by atoms with Crippen LogP contribution >= 0.6 is 11.3 Å². The molecular weight excluding hydrogens is 434 g/mol.